The second-order valence-electron chi connectivity index (χ2n) is 0.247. The molecule has 0 amide bonds. The first-order valence-electron chi connectivity index (χ1n) is 0.655. The number of hydrogen-bond donors (Lipinski definition) is 0. The van der Waals surface area contributed by atoms with Crippen LogP contribution in [0.4, 0.5) is 0 Å². The third kappa shape index (κ3) is 90.1. The Morgan fingerprint density at radius 3 is 0.625 bits per heavy atom. The van der Waals surface area contributed by atoms with Crippen LogP contribution < -0.4 is 0 Å². The summed E-state index contributed by atoms with van der Waals surface area (Å²) < 4.78 is 0. The molecule has 0 aliphatic rings. The van der Waals surface area contributed by atoms with Crippen LogP contribution in [0.1, 0.15) is 0 Å². The Bertz CT molecular complexity index is 16.0. The molecular weight excluding hydrogens is 349 g/mol. The van der Waals surface area contributed by atoms with Crippen molar-refractivity contribution in [3.63, 3.8) is 0 Å². The summed E-state index contributed by atoms with van der Waals surface area (Å²) in [6, 6.07) is 0. The normalized spacial score (nSPS) is 3.38. The van der Waals surface area contributed by atoms with Crippen molar-refractivity contribution in [3.8, 4) is 0 Å². The Morgan fingerprint density at radius 1 is 0.625 bits per heavy atom. The zero-order chi connectivity index (χ0) is 3.58. The number of rotatable bonds is 0. The quantitative estimate of drug-likeness (QED) is 0.540. The van der Waals surface area contributed by atoms with Crippen LogP contribution in [0.15, 0.2) is 0 Å². The maximum atomic E-state index is 3.29. The monoisotopic (exact) mass is 354 g/mol. The molecule has 56 valence electrons. The summed E-state index contributed by atoms with van der Waals surface area (Å²) in [6.45, 7) is 0. The average Bonchev–Trinajstić information content (AvgIpc) is 0.811. The molecule has 0 atom stereocenters. The van der Waals surface area contributed by atoms with Crippen molar-refractivity contribution in [3.05, 3.63) is 0 Å². The van der Waals surface area contributed by atoms with Gasteiger partial charge in [0.25, 0.3) is 0 Å². The predicted octanol–water partition coefficient (Wildman–Crippen LogP) is -0.765. The molecule has 0 aliphatic carbocycles. The fourth-order valence-electron chi connectivity index (χ4n) is 0. The summed E-state index contributed by atoms with van der Waals surface area (Å²) in [5, 5.41) is 0. The third-order valence-corrected chi connectivity index (χ3v) is 0. The molecule has 0 heterocycles. The minimum absolute atomic E-state index is 0. The topological polar surface area (TPSA) is 126 Å². The van der Waals surface area contributed by atoms with Crippen molar-refractivity contribution in [1.29, 1.82) is 0 Å². The van der Waals surface area contributed by atoms with Crippen LogP contribution in [-0.4, -0.2) is 21.9 Å². The molecule has 0 saturated carbocycles. The van der Waals surface area contributed by atoms with Crippen LogP contribution in [0.2, 0.25) is 0 Å². The van der Waals surface area contributed by atoms with Gasteiger partial charge in [-0.25, -0.2) is 0 Å². The molecule has 8 heavy (non-hydrogen) atoms. The Labute approximate surface area is 72.3 Å². The van der Waals surface area contributed by atoms with E-state index < -0.39 is 14.4 Å². The van der Waals surface area contributed by atoms with Crippen LogP contribution in [0, 0.1) is 0 Å². The van der Waals surface area contributed by atoms with Gasteiger partial charge in [0.05, 0.1) is 0 Å². The molecule has 0 rings (SSSR count). The maximum absolute atomic E-state index is 3.29. The average molecular weight is 357 g/mol. The summed E-state index contributed by atoms with van der Waals surface area (Å²) in [4.78, 5) is 0. The van der Waals surface area contributed by atoms with Crippen molar-refractivity contribution >= 4 is 36.9 Å². The van der Waals surface area contributed by atoms with E-state index in [0.717, 1.165) is 0 Å². The SMILES string of the molecule is O.O.O.O.[Br][Sc]([Br])[Br]. The van der Waals surface area contributed by atoms with E-state index in [0.29, 0.717) is 0 Å². The standard InChI is InChI=1S/3BrH.4H2O.Sc/h3*1H;4*1H2;/q;;;;;;;+3/p-3. The molecule has 0 aliphatic heterocycles. The minimum atomic E-state index is -1.04. The van der Waals surface area contributed by atoms with Crippen LogP contribution in [0.5, 0.6) is 0 Å². The second-order valence-corrected chi connectivity index (χ2v) is 27.5. The zero-order valence-corrected chi connectivity index (χ0v) is 10.3. The van der Waals surface area contributed by atoms with Gasteiger partial charge in [-0.2, -0.15) is 0 Å². The van der Waals surface area contributed by atoms with Crippen molar-refractivity contribution in [2.45, 2.75) is 0 Å². The van der Waals surface area contributed by atoms with Crippen LogP contribution in [0.3, 0.4) is 0 Å². The van der Waals surface area contributed by atoms with Gasteiger partial charge in [0.1, 0.15) is 0 Å². The molecule has 8 N–H and O–H groups in total. The van der Waals surface area contributed by atoms with E-state index in [1.54, 1.807) is 0 Å². The van der Waals surface area contributed by atoms with E-state index >= 15 is 0 Å². The molecule has 0 unspecified atom stereocenters. The third-order valence-electron chi connectivity index (χ3n) is 0. The van der Waals surface area contributed by atoms with Crippen molar-refractivity contribution in [2.24, 2.45) is 0 Å². The number of hydrogen-bond acceptors (Lipinski definition) is 0. The fourth-order valence-corrected chi connectivity index (χ4v) is 0. The summed E-state index contributed by atoms with van der Waals surface area (Å²) in [7, 11) is 0. The molecule has 0 aromatic heterocycles. The van der Waals surface area contributed by atoms with Gasteiger partial charge >= 0.3 is 51.3 Å². The van der Waals surface area contributed by atoms with E-state index in [9.17, 15) is 0 Å². The molecule has 0 fully saturated rings. The molecule has 0 aromatic rings. The summed E-state index contributed by atoms with van der Waals surface area (Å²) in [5.74, 6) is 0. The van der Waals surface area contributed by atoms with Crippen LogP contribution >= 0.6 is 36.9 Å². The fraction of sp³-hybridized carbons (Fsp3) is 0. The zero-order valence-electron chi connectivity index (χ0n) is 3.71. The van der Waals surface area contributed by atoms with Gasteiger partial charge in [-0.3, -0.25) is 0 Å². The van der Waals surface area contributed by atoms with Crippen LogP contribution in [-0.2, 0) is 14.4 Å². The van der Waals surface area contributed by atoms with Crippen molar-refractivity contribution in [2.75, 3.05) is 0 Å². The van der Waals surface area contributed by atoms with Gasteiger partial charge in [0, 0.05) is 0 Å². The molecule has 0 aromatic carbocycles. The first-order valence-corrected chi connectivity index (χ1v) is 14.0. The Hall–Kier alpha value is 2.15. The molecular formula is H8Br3O4Sc. The van der Waals surface area contributed by atoms with Crippen LogP contribution in [0.25, 0.3) is 0 Å². The number of halogens is 3. The Balaban J connectivity index is -0.00000000750. The van der Waals surface area contributed by atoms with Gasteiger partial charge in [0.2, 0.25) is 0 Å². The predicted molar refractivity (Wildman–Crippen MR) is 41.2 cm³/mol. The molecule has 0 spiro atoms. The van der Waals surface area contributed by atoms with Gasteiger partial charge in [-0.15, -0.1) is 0 Å². The first-order chi connectivity index (χ1) is 1.73. The van der Waals surface area contributed by atoms with Gasteiger partial charge < -0.3 is 21.9 Å². The van der Waals surface area contributed by atoms with E-state index in [1.165, 1.54) is 0 Å². The summed E-state index contributed by atoms with van der Waals surface area (Å²) in [5.41, 5.74) is 0. The van der Waals surface area contributed by atoms with E-state index in [-0.39, 0.29) is 21.9 Å². The van der Waals surface area contributed by atoms with Gasteiger partial charge in [-0.05, 0) is 0 Å². The molecule has 0 bridgehead atoms. The molecule has 8 heteroatoms. The van der Waals surface area contributed by atoms with Gasteiger partial charge in [0.15, 0.2) is 0 Å². The van der Waals surface area contributed by atoms with E-state index in [2.05, 4.69) is 36.9 Å². The summed E-state index contributed by atoms with van der Waals surface area (Å²) in [6.07, 6.45) is 0. The van der Waals surface area contributed by atoms with Gasteiger partial charge in [-0.1, -0.05) is 0 Å². The van der Waals surface area contributed by atoms with E-state index in [4.69, 9.17) is 0 Å². The second kappa shape index (κ2) is 22.9. The summed E-state index contributed by atoms with van der Waals surface area (Å²) >= 11 is 8.83. The first kappa shape index (κ1) is 32.0. The molecule has 4 nitrogen and oxygen atoms in total. The van der Waals surface area contributed by atoms with Crippen molar-refractivity contribution < 1.29 is 36.4 Å². The molecule has 0 radical (unpaired) electrons. The van der Waals surface area contributed by atoms with E-state index in [1.807, 2.05) is 0 Å². The Kier molecular flexibility index (Phi) is 91.8. The van der Waals surface area contributed by atoms with Crippen molar-refractivity contribution in [1.82, 2.24) is 0 Å². The Morgan fingerprint density at radius 2 is 0.625 bits per heavy atom. The molecule has 0 saturated heterocycles.